The van der Waals surface area contributed by atoms with E-state index in [1.165, 1.54) is 0 Å². The van der Waals surface area contributed by atoms with E-state index in [-0.39, 0.29) is 11.8 Å². The molecule has 6 nitrogen and oxygen atoms in total. The Bertz CT molecular complexity index is 1080. The summed E-state index contributed by atoms with van der Waals surface area (Å²) in [6.45, 7) is 3.63. The van der Waals surface area contributed by atoms with Gasteiger partial charge in [0.25, 0.3) is 11.8 Å². The molecule has 0 unspecified atom stereocenters. The van der Waals surface area contributed by atoms with E-state index in [1.807, 2.05) is 62.4 Å². The van der Waals surface area contributed by atoms with Gasteiger partial charge in [0.15, 0.2) is 0 Å². The van der Waals surface area contributed by atoms with E-state index in [4.69, 9.17) is 0 Å². The summed E-state index contributed by atoms with van der Waals surface area (Å²) < 4.78 is 1.94. The third-order valence-corrected chi connectivity index (χ3v) is 5.64. The van der Waals surface area contributed by atoms with Crippen molar-refractivity contribution < 1.29 is 9.59 Å². The lowest BCUT2D eigenvalue weighted by molar-refractivity contribution is 0.0943. The lowest BCUT2D eigenvalue weighted by Gasteiger charge is -2.05. The van der Waals surface area contributed by atoms with Gasteiger partial charge in [-0.25, -0.2) is 10.9 Å². The number of hydrogen-bond donors (Lipinski definition) is 2. The minimum absolute atomic E-state index is 0.363. The van der Waals surface area contributed by atoms with Crippen LogP contribution >= 0.6 is 31.9 Å². The topological polar surface area (TPSA) is 82.9 Å². The Morgan fingerprint density at radius 3 is 1.16 bits per heavy atom. The van der Waals surface area contributed by atoms with Crippen LogP contribution in [0.5, 0.6) is 0 Å². The van der Waals surface area contributed by atoms with Crippen LogP contribution in [-0.4, -0.2) is 23.2 Å². The van der Waals surface area contributed by atoms with Gasteiger partial charge in [0, 0.05) is 20.1 Å². The highest BCUT2D eigenvalue weighted by Gasteiger charge is 2.09. The zero-order valence-electron chi connectivity index (χ0n) is 17.4. The Morgan fingerprint density at radius 2 is 0.844 bits per heavy atom. The third kappa shape index (κ3) is 6.45. The van der Waals surface area contributed by atoms with Gasteiger partial charge >= 0.3 is 0 Å². The van der Waals surface area contributed by atoms with Crippen LogP contribution in [-0.2, 0) is 0 Å². The number of hydrogen-bond acceptors (Lipinski definition) is 4. The molecule has 0 spiro atoms. The van der Waals surface area contributed by atoms with Crippen molar-refractivity contribution in [3.63, 3.8) is 0 Å². The summed E-state index contributed by atoms with van der Waals surface area (Å²) in [6, 6.07) is 21.5. The largest absolute Gasteiger partial charge is 0.271 e. The molecule has 0 atom stereocenters. The molecule has 0 saturated heterocycles. The SMILES string of the molecule is C/C(=N\NC(=O)c1ccc(C(=O)N/N=C(\C)c2ccc(Br)cc2)cc1)c1ccc(Br)cc1. The van der Waals surface area contributed by atoms with Crippen LogP contribution in [0.25, 0.3) is 0 Å². The molecule has 0 aliphatic carbocycles. The molecule has 0 aliphatic rings. The smallest absolute Gasteiger partial charge is 0.267 e. The summed E-state index contributed by atoms with van der Waals surface area (Å²) in [5.74, 6) is -0.727. The first kappa shape index (κ1) is 23.6. The Hall–Kier alpha value is -3.10. The van der Waals surface area contributed by atoms with Gasteiger partial charge in [-0.15, -0.1) is 0 Å². The molecule has 2 N–H and O–H groups in total. The fourth-order valence-electron chi connectivity index (χ4n) is 2.68. The van der Waals surface area contributed by atoms with E-state index in [9.17, 15) is 9.59 Å². The molecule has 8 heteroatoms. The van der Waals surface area contributed by atoms with E-state index >= 15 is 0 Å². The number of carbonyl (C=O) groups is 2. The van der Waals surface area contributed by atoms with Gasteiger partial charge in [-0.2, -0.15) is 10.2 Å². The highest BCUT2D eigenvalue weighted by Crippen LogP contribution is 2.12. The summed E-state index contributed by atoms with van der Waals surface area (Å²) in [4.78, 5) is 24.7. The molecular formula is C24H20Br2N4O2. The highest BCUT2D eigenvalue weighted by atomic mass is 79.9. The number of nitrogens with one attached hydrogen (secondary N) is 2. The number of hydrazone groups is 2. The van der Waals surface area contributed by atoms with Crippen molar-refractivity contribution in [1.29, 1.82) is 0 Å². The van der Waals surface area contributed by atoms with Crippen LogP contribution in [0, 0.1) is 0 Å². The Morgan fingerprint density at radius 1 is 0.562 bits per heavy atom. The summed E-state index contributed by atoms with van der Waals surface area (Å²) in [5, 5.41) is 8.29. The normalized spacial score (nSPS) is 11.8. The van der Waals surface area contributed by atoms with Gasteiger partial charge in [0.05, 0.1) is 11.4 Å². The molecule has 162 valence electrons. The van der Waals surface area contributed by atoms with Crippen LogP contribution in [0.1, 0.15) is 45.7 Å². The fraction of sp³-hybridized carbons (Fsp3) is 0.0833. The Kier molecular flexibility index (Phi) is 8.08. The second-order valence-electron chi connectivity index (χ2n) is 6.87. The molecule has 3 aromatic rings. The molecule has 0 aromatic heterocycles. The van der Waals surface area contributed by atoms with Gasteiger partial charge in [-0.05, 0) is 73.5 Å². The maximum atomic E-state index is 12.4. The third-order valence-electron chi connectivity index (χ3n) is 4.58. The summed E-state index contributed by atoms with van der Waals surface area (Å²) >= 11 is 6.77. The van der Waals surface area contributed by atoms with Crippen molar-refractivity contribution in [3.05, 3.63) is 104 Å². The first-order chi connectivity index (χ1) is 15.3. The maximum absolute atomic E-state index is 12.4. The molecule has 0 bridgehead atoms. The molecule has 3 rings (SSSR count). The number of amides is 2. The van der Waals surface area contributed by atoms with Gasteiger partial charge in [-0.3, -0.25) is 9.59 Å². The lowest BCUT2D eigenvalue weighted by atomic mass is 10.1. The van der Waals surface area contributed by atoms with Crippen LogP contribution in [0.15, 0.2) is 91.9 Å². The fourth-order valence-corrected chi connectivity index (χ4v) is 3.21. The number of benzene rings is 3. The minimum atomic E-state index is -0.363. The Balaban J connectivity index is 1.59. The minimum Gasteiger partial charge on any atom is -0.267 e. The molecule has 0 heterocycles. The van der Waals surface area contributed by atoms with E-state index < -0.39 is 0 Å². The number of nitrogens with zero attached hydrogens (tertiary/aromatic N) is 2. The van der Waals surface area contributed by atoms with Gasteiger partial charge < -0.3 is 0 Å². The van der Waals surface area contributed by atoms with Gasteiger partial charge in [-0.1, -0.05) is 56.1 Å². The zero-order valence-corrected chi connectivity index (χ0v) is 20.6. The van der Waals surface area contributed by atoms with E-state index in [1.54, 1.807) is 24.3 Å². The van der Waals surface area contributed by atoms with Crippen molar-refractivity contribution in [2.75, 3.05) is 0 Å². The second-order valence-corrected chi connectivity index (χ2v) is 8.70. The maximum Gasteiger partial charge on any atom is 0.271 e. The van der Waals surface area contributed by atoms with Crippen LogP contribution in [0.4, 0.5) is 0 Å². The van der Waals surface area contributed by atoms with Crippen molar-refractivity contribution in [2.24, 2.45) is 10.2 Å². The second kappa shape index (κ2) is 11.0. The standard InChI is InChI=1S/C24H20Br2N4O2/c1-15(17-7-11-21(25)12-8-17)27-29-23(31)19-3-5-20(6-4-19)24(32)30-28-16(2)18-9-13-22(26)14-10-18/h3-14H,1-2H3,(H,29,31)(H,30,32)/b27-15+,28-16+. The van der Waals surface area contributed by atoms with Crippen molar-refractivity contribution in [3.8, 4) is 0 Å². The summed E-state index contributed by atoms with van der Waals surface area (Å²) in [6.07, 6.45) is 0. The monoisotopic (exact) mass is 554 g/mol. The van der Waals surface area contributed by atoms with E-state index in [0.717, 1.165) is 20.1 Å². The first-order valence-electron chi connectivity index (χ1n) is 9.64. The average Bonchev–Trinajstić information content (AvgIpc) is 2.81. The molecule has 3 aromatic carbocycles. The molecule has 0 saturated carbocycles. The molecular weight excluding hydrogens is 536 g/mol. The van der Waals surface area contributed by atoms with Crippen molar-refractivity contribution in [1.82, 2.24) is 10.9 Å². The number of halogens is 2. The molecule has 0 fully saturated rings. The highest BCUT2D eigenvalue weighted by molar-refractivity contribution is 9.10. The predicted octanol–water partition coefficient (Wildman–Crippen LogP) is 5.52. The van der Waals surface area contributed by atoms with Crippen LogP contribution in [0.3, 0.4) is 0 Å². The lowest BCUT2D eigenvalue weighted by Crippen LogP contribution is -2.21. The molecule has 32 heavy (non-hydrogen) atoms. The van der Waals surface area contributed by atoms with Crippen LogP contribution < -0.4 is 10.9 Å². The van der Waals surface area contributed by atoms with Gasteiger partial charge in [0.2, 0.25) is 0 Å². The number of rotatable bonds is 6. The predicted molar refractivity (Wildman–Crippen MR) is 134 cm³/mol. The molecule has 0 radical (unpaired) electrons. The number of carbonyl (C=O) groups excluding carboxylic acids is 2. The van der Waals surface area contributed by atoms with E-state index in [0.29, 0.717) is 22.6 Å². The van der Waals surface area contributed by atoms with Crippen molar-refractivity contribution >= 4 is 55.1 Å². The zero-order chi connectivity index (χ0) is 23.1. The summed E-state index contributed by atoms with van der Waals surface area (Å²) in [5.41, 5.74) is 9.02. The van der Waals surface area contributed by atoms with Crippen molar-refractivity contribution in [2.45, 2.75) is 13.8 Å². The van der Waals surface area contributed by atoms with Gasteiger partial charge in [0.1, 0.15) is 0 Å². The van der Waals surface area contributed by atoms with E-state index in [2.05, 4.69) is 52.9 Å². The first-order valence-corrected chi connectivity index (χ1v) is 11.2. The quantitative estimate of drug-likeness (QED) is 0.310. The molecule has 0 aliphatic heterocycles. The summed E-state index contributed by atoms with van der Waals surface area (Å²) in [7, 11) is 0. The molecule has 2 amide bonds. The Labute approximate surface area is 203 Å². The van der Waals surface area contributed by atoms with Crippen LogP contribution in [0.2, 0.25) is 0 Å². The average molecular weight is 556 g/mol.